The third kappa shape index (κ3) is 6.23. The fourth-order valence-corrected chi connectivity index (χ4v) is 3.38. The van der Waals surface area contributed by atoms with E-state index in [9.17, 15) is 9.59 Å². The minimum atomic E-state index is -0.445. The van der Waals surface area contributed by atoms with E-state index in [1.165, 1.54) is 0 Å². The Hall–Kier alpha value is -3.54. The zero-order valence-corrected chi connectivity index (χ0v) is 18.9. The molecule has 0 fully saturated rings. The van der Waals surface area contributed by atoms with Crippen molar-refractivity contribution in [1.29, 1.82) is 0 Å². The van der Waals surface area contributed by atoms with Gasteiger partial charge in [0, 0.05) is 23.5 Å². The lowest BCUT2D eigenvalue weighted by molar-refractivity contribution is -0.144. The largest absolute Gasteiger partial charge is 0.460 e. The molecular weight excluding hydrogens is 404 g/mol. The summed E-state index contributed by atoms with van der Waals surface area (Å²) in [4.78, 5) is 25.9. The van der Waals surface area contributed by atoms with Crippen LogP contribution < -0.4 is 10.6 Å². The SMILES string of the molecule is CC(C)OC(=O)C1=CC(Nc2ccccc2)=C(C(=O)OC(C)C)CC1Nc1ccccc1. The van der Waals surface area contributed by atoms with Gasteiger partial charge in [0.2, 0.25) is 0 Å². The molecule has 0 radical (unpaired) electrons. The van der Waals surface area contributed by atoms with E-state index in [4.69, 9.17) is 9.47 Å². The Morgan fingerprint density at radius 3 is 1.91 bits per heavy atom. The second-order valence-corrected chi connectivity index (χ2v) is 8.16. The number of allylic oxidation sites excluding steroid dienone is 1. The molecule has 0 saturated heterocycles. The molecule has 0 spiro atoms. The summed E-state index contributed by atoms with van der Waals surface area (Å²) >= 11 is 0. The van der Waals surface area contributed by atoms with Crippen molar-refractivity contribution < 1.29 is 19.1 Å². The highest BCUT2D eigenvalue weighted by molar-refractivity contribution is 5.97. The summed E-state index contributed by atoms with van der Waals surface area (Å²) in [6, 6.07) is 18.6. The molecule has 0 amide bonds. The van der Waals surface area contributed by atoms with Gasteiger partial charge < -0.3 is 20.1 Å². The monoisotopic (exact) mass is 434 g/mol. The lowest BCUT2D eigenvalue weighted by Gasteiger charge is -2.29. The third-order valence-corrected chi connectivity index (χ3v) is 4.74. The van der Waals surface area contributed by atoms with Crippen molar-refractivity contribution in [1.82, 2.24) is 0 Å². The van der Waals surface area contributed by atoms with Crippen LogP contribution >= 0.6 is 0 Å². The Morgan fingerprint density at radius 2 is 1.34 bits per heavy atom. The highest BCUT2D eigenvalue weighted by Gasteiger charge is 2.33. The molecule has 0 saturated carbocycles. The fourth-order valence-electron chi connectivity index (χ4n) is 3.38. The number of hydrogen-bond donors (Lipinski definition) is 2. The predicted octanol–water partition coefficient (Wildman–Crippen LogP) is 5.07. The third-order valence-electron chi connectivity index (χ3n) is 4.74. The van der Waals surface area contributed by atoms with Gasteiger partial charge in [0.25, 0.3) is 0 Å². The number of ether oxygens (including phenoxy) is 2. The van der Waals surface area contributed by atoms with Crippen LogP contribution in [0.15, 0.2) is 83.6 Å². The van der Waals surface area contributed by atoms with Crippen molar-refractivity contribution in [3.05, 3.63) is 83.6 Å². The van der Waals surface area contributed by atoms with Crippen LogP contribution in [0, 0.1) is 0 Å². The first-order valence-corrected chi connectivity index (χ1v) is 10.8. The Bertz CT molecular complexity index is 995. The van der Waals surface area contributed by atoms with Crippen molar-refractivity contribution in [3.63, 3.8) is 0 Å². The molecule has 1 aliphatic rings. The molecule has 3 rings (SSSR count). The summed E-state index contributed by atoms with van der Waals surface area (Å²) in [5.74, 6) is -0.831. The number of carbonyl (C=O) groups is 2. The van der Waals surface area contributed by atoms with Gasteiger partial charge in [0.1, 0.15) is 0 Å². The second kappa shape index (κ2) is 10.7. The maximum absolute atomic E-state index is 13.0. The zero-order valence-electron chi connectivity index (χ0n) is 18.9. The first-order chi connectivity index (χ1) is 15.3. The number of rotatable bonds is 8. The van der Waals surface area contributed by atoms with Gasteiger partial charge in [-0.2, -0.15) is 0 Å². The molecule has 1 unspecified atom stereocenters. The Morgan fingerprint density at radius 1 is 0.812 bits per heavy atom. The summed E-state index contributed by atoms with van der Waals surface area (Å²) in [6.45, 7) is 7.25. The van der Waals surface area contributed by atoms with Gasteiger partial charge in [-0.25, -0.2) is 9.59 Å². The van der Waals surface area contributed by atoms with E-state index in [0.717, 1.165) is 11.4 Å². The van der Waals surface area contributed by atoms with Crippen LogP contribution in [0.3, 0.4) is 0 Å². The number of benzene rings is 2. The Balaban J connectivity index is 2.02. The number of nitrogens with one attached hydrogen (secondary N) is 2. The molecule has 168 valence electrons. The molecule has 0 bridgehead atoms. The average Bonchev–Trinajstić information content (AvgIpc) is 2.75. The van der Waals surface area contributed by atoms with Crippen molar-refractivity contribution in [3.8, 4) is 0 Å². The van der Waals surface area contributed by atoms with Crippen LogP contribution in [-0.4, -0.2) is 30.2 Å². The van der Waals surface area contributed by atoms with Crippen LogP contribution in [0.5, 0.6) is 0 Å². The summed E-state index contributed by atoms with van der Waals surface area (Å²) in [5.41, 5.74) is 3.10. The van der Waals surface area contributed by atoms with Crippen LogP contribution in [0.4, 0.5) is 11.4 Å². The van der Waals surface area contributed by atoms with E-state index in [1.54, 1.807) is 6.08 Å². The lowest BCUT2D eigenvalue weighted by atomic mass is 9.90. The van der Waals surface area contributed by atoms with Crippen LogP contribution in [0.1, 0.15) is 34.1 Å². The van der Waals surface area contributed by atoms with Gasteiger partial charge in [-0.15, -0.1) is 0 Å². The van der Waals surface area contributed by atoms with Crippen molar-refractivity contribution in [2.75, 3.05) is 10.6 Å². The molecule has 0 aromatic heterocycles. The van der Waals surface area contributed by atoms with Crippen LogP contribution in [-0.2, 0) is 19.1 Å². The minimum Gasteiger partial charge on any atom is -0.460 e. The van der Waals surface area contributed by atoms with E-state index < -0.39 is 18.0 Å². The number of para-hydroxylation sites is 2. The van der Waals surface area contributed by atoms with Crippen LogP contribution in [0.2, 0.25) is 0 Å². The van der Waals surface area contributed by atoms with Gasteiger partial charge in [0.05, 0.1) is 29.4 Å². The standard InChI is InChI=1S/C26H30N2O4/c1-17(2)31-25(29)21-15-24(28-20-13-9-6-10-14-20)22(26(30)32-18(3)4)16-23(21)27-19-11-7-5-8-12-19/h5-15,17-18,23,27-28H,16H2,1-4H3. The highest BCUT2D eigenvalue weighted by atomic mass is 16.5. The molecule has 0 aliphatic heterocycles. The maximum Gasteiger partial charge on any atom is 0.336 e. The highest BCUT2D eigenvalue weighted by Crippen LogP contribution is 2.30. The molecule has 6 nitrogen and oxygen atoms in total. The lowest BCUT2D eigenvalue weighted by Crippen LogP contribution is -2.34. The number of carbonyl (C=O) groups excluding carboxylic acids is 2. The maximum atomic E-state index is 13.0. The predicted molar refractivity (Wildman–Crippen MR) is 126 cm³/mol. The quantitative estimate of drug-likeness (QED) is 0.565. The number of hydrogen-bond acceptors (Lipinski definition) is 6. The van der Waals surface area contributed by atoms with Gasteiger partial charge >= 0.3 is 11.9 Å². The summed E-state index contributed by atoms with van der Waals surface area (Å²) in [6.07, 6.45) is 1.44. The molecule has 2 N–H and O–H groups in total. The van der Waals surface area contributed by atoms with Crippen LogP contribution in [0.25, 0.3) is 0 Å². The summed E-state index contributed by atoms with van der Waals surface area (Å²) in [7, 11) is 0. The van der Waals surface area contributed by atoms with E-state index >= 15 is 0 Å². The van der Waals surface area contributed by atoms with Crippen molar-refractivity contribution in [2.45, 2.75) is 52.4 Å². The Labute approximate surface area is 189 Å². The number of anilines is 2. The van der Waals surface area contributed by atoms with Gasteiger partial charge in [-0.3, -0.25) is 0 Å². The van der Waals surface area contributed by atoms with Crippen molar-refractivity contribution >= 4 is 23.3 Å². The topological polar surface area (TPSA) is 76.7 Å². The molecule has 6 heteroatoms. The van der Waals surface area contributed by atoms with Gasteiger partial charge in [0.15, 0.2) is 0 Å². The Kier molecular flexibility index (Phi) is 7.71. The molecule has 1 atom stereocenters. The zero-order chi connectivity index (χ0) is 23.1. The normalized spacial score (nSPS) is 15.9. The fraction of sp³-hybridized carbons (Fsp3) is 0.308. The second-order valence-electron chi connectivity index (χ2n) is 8.16. The van der Waals surface area contributed by atoms with E-state index in [2.05, 4.69) is 10.6 Å². The molecule has 2 aromatic carbocycles. The molecule has 2 aromatic rings. The van der Waals surface area contributed by atoms with Gasteiger partial charge in [-0.05, 0) is 58.0 Å². The first-order valence-electron chi connectivity index (χ1n) is 10.8. The molecule has 32 heavy (non-hydrogen) atoms. The number of esters is 2. The molecular formula is C26H30N2O4. The van der Waals surface area contributed by atoms with E-state index in [0.29, 0.717) is 16.8 Å². The summed E-state index contributed by atoms with van der Waals surface area (Å²) < 4.78 is 11.0. The first kappa shape index (κ1) is 23.1. The van der Waals surface area contributed by atoms with E-state index in [1.807, 2.05) is 88.4 Å². The van der Waals surface area contributed by atoms with E-state index in [-0.39, 0.29) is 18.6 Å². The molecule has 1 aliphatic carbocycles. The smallest absolute Gasteiger partial charge is 0.336 e. The van der Waals surface area contributed by atoms with Crippen molar-refractivity contribution in [2.24, 2.45) is 0 Å². The summed E-state index contributed by atoms with van der Waals surface area (Å²) in [5, 5.41) is 6.64. The molecule has 0 heterocycles. The average molecular weight is 435 g/mol. The minimum absolute atomic E-state index is 0.259. The van der Waals surface area contributed by atoms with Gasteiger partial charge in [-0.1, -0.05) is 36.4 Å².